The molecule has 0 aliphatic carbocycles. The van der Waals surface area contributed by atoms with Crippen LogP contribution in [0.4, 0.5) is 5.69 Å². The zero-order chi connectivity index (χ0) is 20.6. The molecular weight excluding hydrogens is 366 g/mol. The summed E-state index contributed by atoms with van der Waals surface area (Å²) < 4.78 is 10.6. The van der Waals surface area contributed by atoms with E-state index in [9.17, 15) is 4.79 Å². The number of hydrogen-bond donors (Lipinski definition) is 2. The predicted octanol–water partition coefficient (Wildman–Crippen LogP) is 1.08. The van der Waals surface area contributed by atoms with Crippen LogP contribution in [-0.2, 0) is 11.2 Å². The van der Waals surface area contributed by atoms with Gasteiger partial charge in [-0.3, -0.25) is 4.79 Å². The van der Waals surface area contributed by atoms with Crippen LogP contribution in [0.2, 0.25) is 0 Å². The molecule has 0 atom stereocenters. The highest BCUT2D eigenvalue weighted by molar-refractivity contribution is 5.76. The van der Waals surface area contributed by atoms with Crippen molar-refractivity contribution in [1.29, 1.82) is 0 Å². The summed E-state index contributed by atoms with van der Waals surface area (Å²) in [7, 11) is 3.26. The number of amides is 1. The molecule has 156 valence electrons. The lowest BCUT2D eigenvalue weighted by atomic mass is 10.1. The third kappa shape index (κ3) is 5.64. The Bertz CT molecular complexity index is 817. The zero-order valence-corrected chi connectivity index (χ0v) is 17.7. The quantitative estimate of drug-likeness (QED) is 0.699. The van der Waals surface area contributed by atoms with Crippen LogP contribution in [0.1, 0.15) is 11.1 Å². The molecule has 2 aromatic rings. The Kier molecular flexibility index (Phi) is 7.36. The molecule has 6 nitrogen and oxygen atoms in total. The highest BCUT2D eigenvalue weighted by atomic mass is 16.5. The fraction of sp³-hybridized carbons (Fsp3) is 0.435. The number of nitrogens with zero attached hydrogens (tertiary/aromatic N) is 1. The molecule has 0 unspecified atom stereocenters. The second kappa shape index (κ2) is 10.2. The van der Waals surface area contributed by atoms with E-state index in [1.54, 1.807) is 14.2 Å². The van der Waals surface area contributed by atoms with Gasteiger partial charge < -0.3 is 24.6 Å². The number of rotatable bonds is 8. The highest BCUT2D eigenvalue weighted by Gasteiger charge is 2.22. The number of benzene rings is 2. The van der Waals surface area contributed by atoms with Crippen molar-refractivity contribution in [2.45, 2.75) is 13.3 Å². The number of ether oxygens (including phenoxy) is 2. The molecule has 0 radical (unpaired) electrons. The number of aryl methyl sites for hydroxylation is 1. The standard InChI is InChI=1S/C23H31N3O3/c1-18-6-4-5-7-20(18)26-14-12-25(13-15-26)17-23(27)24-11-10-19-8-9-21(28-2)22(16-19)29-3/h4-9,16H,10-15,17H2,1-3H3,(H,24,27)/p+1. The van der Waals surface area contributed by atoms with Crippen LogP contribution in [0.15, 0.2) is 42.5 Å². The molecule has 29 heavy (non-hydrogen) atoms. The number of methoxy groups -OCH3 is 2. The molecule has 6 heteroatoms. The van der Waals surface area contributed by atoms with Crippen LogP contribution in [0.25, 0.3) is 0 Å². The SMILES string of the molecule is COc1ccc(CCNC(=O)C[NH+]2CCN(c3ccccc3C)CC2)cc1OC. The van der Waals surface area contributed by atoms with Gasteiger partial charge in [-0.1, -0.05) is 24.3 Å². The molecule has 3 rings (SSSR count). The van der Waals surface area contributed by atoms with Crippen molar-refractivity contribution in [3.8, 4) is 11.5 Å². The third-order valence-electron chi connectivity index (χ3n) is 5.52. The molecule has 2 aromatic carbocycles. The minimum Gasteiger partial charge on any atom is -0.493 e. The number of anilines is 1. The number of carbonyl (C=O) groups is 1. The topological polar surface area (TPSA) is 55.2 Å². The molecule has 0 spiro atoms. The van der Waals surface area contributed by atoms with Gasteiger partial charge in [0.05, 0.1) is 40.4 Å². The first-order chi connectivity index (χ1) is 14.1. The van der Waals surface area contributed by atoms with E-state index in [2.05, 4.69) is 41.4 Å². The fourth-order valence-electron chi connectivity index (χ4n) is 3.83. The maximum atomic E-state index is 12.3. The molecule has 0 aromatic heterocycles. The van der Waals surface area contributed by atoms with Crippen molar-refractivity contribution in [2.75, 3.05) is 58.4 Å². The van der Waals surface area contributed by atoms with Crippen molar-refractivity contribution < 1.29 is 19.2 Å². The summed E-state index contributed by atoms with van der Waals surface area (Å²) in [6.45, 7) is 7.25. The number of hydrogen-bond acceptors (Lipinski definition) is 4. The normalized spacial score (nSPS) is 14.5. The predicted molar refractivity (Wildman–Crippen MR) is 115 cm³/mol. The molecule has 1 fully saturated rings. The molecule has 1 amide bonds. The zero-order valence-electron chi connectivity index (χ0n) is 17.7. The van der Waals surface area contributed by atoms with Gasteiger partial charge in [0.25, 0.3) is 5.91 Å². The minimum absolute atomic E-state index is 0.116. The van der Waals surface area contributed by atoms with Crippen molar-refractivity contribution >= 4 is 11.6 Å². The van der Waals surface area contributed by atoms with E-state index in [4.69, 9.17) is 9.47 Å². The Labute approximate surface area is 173 Å². The summed E-state index contributed by atoms with van der Waals surface area (Å²) in [5, 5.41) is 3.05. The number of piperazine rings is 1. The monoisotopic (exact) mass is 398 g/mol. The highest BCUT2D eigenvalue weighted by Crippen LogP contribution is 2.27. The minimum atomic E-state index is 0.116. The Hall–Kier alpha value is -2.73. The van der Waals surface area contributed by atoms with E-state index in [1.807, 2.05) is 18.2 Å². The first-order valence-corrected chi connectivity index (χ1v) is 10.2. The van der Waals surface area contributed by atoms with Gasteiger partial charge in [-0.2, -0.15) is 0 Å². The van der Waals surface area contributed by atoms with Crippen molar-refractivity contribution in [1.82, 2.24) is 5.32 Å². The second-order valence-electron chi connectivity index (χ2n) is 7.49. The first kappa shape index (κ1) is 21.0. The van der Waals surface area contributed by atoms with Crippen molar-refractivity contribution in [3.63, 3.8) is 0 Å². The summed E-state index contributed by atoms with van der Waals surface area (Å²) in [5.41, 5.74) is 3.73. The summed E-state index contributed by atoms with van der Waals surface area (Å²) in [6, 6.07) is 14.4. The average molecular weight is 399 g/mol. The van der Waals surface area contributed by atoms with Crippen LogP contribution in [0.3, 0.4) is 0 Å². The van der Waals surface area contributed by atoms with Crippen LogP contribution in [0, 0.1) is 6.92 Å². The van der Waals surface area contributed by atoms with E-state index in [-0.39, 0.29) is 5.91 Å². The van der Waals surface area contributed by atoms with E-state index in [0.717, 1.165) is 38.2 Å². The van der Waals surface area contributed by atoms with Gasteiger partial charge >= 0.3 is 0 Å². The summed E-state index contributed by atoms with van der Waals surface area (Å²) in [4.78, 5) is 16.1. The van der Waals surface area contributed by atoms with Gasteiger partial charge in [0.1, 0.15) is 0 Å². The smallest absolute Gasteiger partial charge is 0.275 e. The lowest BCUT2D eigenvalue weighted by molar-refractivity contribution is -0.892. The lowest BCUT2D eigenvalue weighted by Gasteiger charge is -2.34. The van der Waals surface area contributed by atoms with Gasteiger partial charge in [-0.05, 0) is 42.7 Å². The number of nitrogens with one attached hydrogen (secondary N) is 2. The Morgan fingerprint density at radius 1 is 1.07 bits per heavy atom. The van der Waals surface area contributed by atoms with Crippen molar-refractivity contribution in [2.24, 2.45) is 0 Å². The molecule has 0 saturated carbocycles. The summed E-state index contributed by atoms with van der Waals surface area (Å²) in [6.07, 6.45) is 0.766. The first-order valence-electron chi connectivity index (χ1n) is 10.2. The summed E-state index contributed by atoms with van der Waals surface area (Å²) in [5.74, 6) is 1.55. The molecule has 0 bridgehead atoms. The molecule has 1 heterocycles. The molecule has 1 aliphatic rings. The van der Waals surface area contributed by atoms with Crippen LogP contribution >= 0.6 is 0 Å². The maximum Gasteiger partial charge on any atom is 0.275 e. The largest absolute Gasteiger partial charge is 0.493 e. The molecule has 2 N–H and O–H groups in total. The average Bonchev–Trinajstić information content (AvgIpc) is 2.74. The van der Waals surface area contributed by atoms with Gasteiger partial charge in [0.2, 0.25) is 0 Å². The van der Waals surface area contributed by atoms with Gasteiger partial charge in [-0.25, -0.2) is 0 Å². The van der Waals surface area contributed by atoms with Crippen LogP contribution in [0.5, 0.6) is 11.5 Å². The summed E-state index contributed by atoms with van der Waals surface area (Å²) >= 11 is 0. The van der Waals surface area contributed by atoms with E-state index in [1.165, 1.54) is 16.2 Å². The number of carbonyl (C=O) groups excluding carboxylic acids is 1. The Balaban J connectivity index is 1.40. The molecular formula is C23H32N3O3+. The Morgan fingerprint density at radius 2 is 1.79 bits per heavy atom. The second-order valence-corrected chi connectivity index (χ2v) is 7.49. The van der Waals surface area contributed by atoms with E-state index < -0.39 is 0 Å². The van der Waals surface area contributed by atoms with Crippen LogP contribution in [-0.4, -0.2) is 59.4 Å². The molecule has 1 aliphatic heterocycles. The van der Waals surface area contributed by atoms with E-state index in [0.29, 0.717) is 24.6 Å². The third-order valence-corrected chi connectivity index (χ3v) is 5.52. The Morgan fingerprint density at radius 3 is 2.48 bits per heavy atom. The lowest BCUT2D eigenvalue weighted by Crippen LogP contribution is -3.16. The van der Waals surface area contributed by atoms with E-state index >= 15 is 0 Å². The number of quaternary nitrogens is 1. The van der Waals surface area contributed by atoms with Crippen LogP contribution < -0.4 is 24.6 Å². The number of para-hydroxylation sites is 1. The van der Waals surface area contributed by atoms with Gasteiger partial charge in [0, 0.05) is 12.2 Å². The molecule has 1 saturated heterocycles. The van der Waals surface area contributed by atoms with Crippen molar-refractivity contribution in [3.05, 3.63) is 53.6 Å². The maximum absolute atomic E-state index is 12.3. The fourth-order valence-corrected chi connectivity index (χ4v) is 3.83. The van der Waals surface area contributed by atoms with Gasteiger partial charge in [0.15, 0.2) is 18.0 Å². The van der Waals surface area contributed by atoms with Gasteiger partial charge in [-0.15, -0.1) is 0 Å².